The van der Waals surface area contributed by atoms with E-state index in [1.807, 2.05) is 0 Å². The van der Waals surface area contributed by atoms with Crippen LogP contribution >= 0.6 is 18.1 Å². The molecule has 0 N–H and O–H groups in total. The quantitative estimate of drug-likeness (QED) is 0.481. The Morgan fingerprint density at radius 2 is 2.42 bits per heavy atom. The Kier molecular flexibility index (Phi) is 3.25. The fourth-order valence-corrected chi connectivity index (χ4v) is 4.45. The molecule has 0 saturated carbocycles. The maximum Gasteiger partial charge on any atom is 0.328 e. The van der Waals surface area contributed by atoms with E-state index in [0.29, 0.717) is 6.61 Å². The smallest absolute Gasteiger partial charge is 0.308 e. The van der Waals surface area contributed by atoms with Crippen LogP contribution in [0.4, 0.5) is 0 Å². The molecule has 0 aromatic rings. The summed E-state index contributed by atoms with van der Waals surface area (Å²) < 4.78 is 18.7. The third-order valence-corrected chi connectivity index (χ3v) is 6.66. The molecule has 0 amide bonds. The Bertz CT molecular complexity index is 236. The van der Waals surface area contributed by atoms with Gasteiger partial charge in [0.25, 0.3) is 0 Å². The molecule has 0 bridgehead atoms. The van der Waals surface area contributed by atoms with Crippen molar-refractivity contribution in [2.24, 2.45) is 5.92 Å². The van der Waals surface area contributed by atoms with E-state index in [2.05, 4.69) is 5.92 Å². The first kappa shape index (κ1) is 10.1. The summed E-state index contributed by atoms with van der Waals surface area (Å²) in [7, 11) is 3.51. The maximum atomic E-state index is 11.8. The molecule has 0 aliphatic carbocycles. The number of hydrogen-bond donors (Lipinski definition) is 0. The van der Waals surface area contributed by atoms with Crippen LogP contribution in [0.5, 0.6) is 0 Å². The minimum Gasteiger partial charge on any atom is -0.308 e. The van der Waals surface area contributed by atoms with E-state index in [1.54, 1.807) is 18.8 Å². The Balaban J connectivity index is 2.57. The lowest BCUT2D eigenvalue weighted by Crippen LogP contribution is -2.19. The highest BCUT2D eigenvalue weighted by Gasteiger charge is 2.33. The van der Waals surface area contributed by atoms with Gasteiger partial charge in [0.15, 0.2) is 0 Å². The zero-order chi connectivity index (χ0) is 9.19. The van der Waals surface area contributed by atoms with Gasteiger partial charge in [-0.25, -0.2) is 4.67 Å². The Morgan fingerprint density at radius 3 is 2.75 bits per heavy atom. The SMILES string of the molecule is C#CC1COP(=O)(N(C)C)SC1. The fraction of sp³-hybridized carbons (Fsp3) is 0.714. The Morgan fingerprint density at radius 1 is 1.75 bits per heavy atom. The second kappa shape index (κ2) is 3.85. The van der Waals surface area contributed by atoms with Crippen LogP contribution in [-0.2, 0) is 9.09 Å². The molecule has 2 atom stereocenters. The number of hydrogen-bond acceptors (Lipinski definition) is 3. The molecule has 1 fully saturated rings. The lowest BCUT2D eigenvalue weighted by Gasteiger charge is -2.29. The highest BCUT2D eigenvalue weighted by molar-refractivity contribution is 8.55. The third-order valence-electron chi connectivity index (χ3n) is 1.60. The van der Waals surface area contributed by atoms with E-state index < -0.39 is 6.72 Å². The molecule has 1 aliphatic heterocycles. The normalized spacial score (nSPS) is 36.3. The molecule has 1 heterocycles. The van der Waals surface area contributed by atoms with Gasteiger partial charge in [0, 0.05) is 5.75 Å². The molecule has 0 aromatic carbocycles. The topological polar surface area (TPSA) is 29.5 Å². The molecular weight excluding hydrogens is 193 g/mol. The molecule has 68 valence electrons. The zero-order valence-electron chi connectivity index (χ0n) is 7.19. The van der Waals surface area contributed by atoms with Gasteiger partial charge in [-0.2, -0.15) is 0 Å². The molecule has 0 radical (unpaired) electrons. The van der Waals surface area contributed by atoms with Crippen LogP contribution in [0.15, 0.2) is 0 Å². The average molecular weight is 205 g/mol. The Hall–Kier alpha value is 0.0600. The second-order valence-corrected chi connectivity index (χ2v) is 7.52. The number of rotatable bonds is 1. The van der Waals surface area contributed by atoms with E-state index in [1.165, 1.54) is 11.4 Å². The highest BCUT2D eigenvalue weighted by atomic mass is 32.7. The lowest BCUT2D eigenvalue weighted by molar-refractivity contribution is 0.269. The first-order valence-corrected chi connectivity index (χ1v) is 6.78. The average Bonchev–Trinajstić information content (AvgIpc) is 2.06. The summed E-state index contributed by atoms with van der Waals surface area (Å²) in [5, 5.41) is 0. The van der Waals surface area contributed by atoms with Crippen molar-refractivity contribution in [2.45, 2.75) is 0 Å². The largest absolute Gasteiger partial charge is 0.328 e. The van der Waals surface area contributed by atoms with Crippen molar-refractivity contribution in [1.82, 2.24) is 4.67 Å². The van der Waals surface area contributed by atoms with Gasteiger partial charge in [-0.05, 0) is 14.1 Å². The van der Waals surface area contributed by atoms with Crippen molar-refractivity contribution in [3.8, 4) is 12.3 Å². The molecule has 0 aromatic heterocycles. The Labute approximate surface area is 77.1 Å². The van der Waals surface area contributed by atoms with E-state index in [9.17, 15) is 4.57 Å². The second-order valence-electron chi connectivity index (χ2n) is 2.77. The summed E-state index contributed by atoms with van der Waals surface area (Å²) in [5.74, 6) is 3.43. The molecule has 5 heteroatoms. The van der Waals surface area contributed by atoms with Gasteiger partial charge in [-0.3, -0.25) is 4.57 Å². The van der Waals surface area contributed by atoms with Crippen LogP contribution in [0, 0.1) is 18.3 Å². The van der Waals surface area contributed by atoms with Crippen LogP contribution in [0.2, 0.25) is 0 Å². The van der Waals surface area contributed by atoms with Gasteiger partial charge in [0.05, 0.1) is 12.5 Å². The molecular formula is C7H12NO2PS. The molecule has 0 spiro atoms. The standard InChI is InChI=1S/C7H12NO2PS/c1-4-7-5-10-11(9,8(2)3)12-6-7/h1,7H,5-6H2,2-3H3. The van der Waals surface area contributed by atoms with Crippen molar-refractivity contribution in [3.05, 3.63) is 0 Å². The molecule has 3 nitrogen and oxygen atoms in total. The molecule has 2 unspecified atom stereocenters. The first-order chi connectivity index (χ1) is 5.58. The van der Waals surface area contributed by atoms with Crippen molar-refractivity contribution in [2.75, 3.05) is 26.5 Å². The van der Waals surface area contributed by atoms with Gasteiger partial charge in [-0.15, -0.1) is 12.3 Å². The predicted molar refractivity (Wildman–Crippen MR) is 52.0 cm³/mol. The maximum absolute atomic E-state index is 11.8. The first-order valence-electron chi connectivity index (χ1n) is 3.61. The van der Waals surface area contributed by atoms with E-state index >= 15 is 0 Å². The van der Waals surface area contributed by atoms with Crippen LogP contribution in [-0.4, -0.2) is 31.1 Å². The van der Waals surface area contributed by atoms with Crippen molar-refractivity contribution in [1.29, 1.82) is 0 Å². The van der Waals surface area contributed by atoms with E-state index in [4.69, 9.17) is 10.9 Å². The van der Waals surface area contributed by atoms with Crippen molar-refractivity contribution >= 4 is 18.1 Å². The van der Waals surface area contributed by atoms with Gasteiger partial charge >= 0.3 is 6.72 Å². The highest BCUT2D eigenvalue weighted by Crippen LogP contribution is 2.63. The summed E-state index contributed by atoms with van der Waals surface area (Å²) in [5.41, 5.74) is 0. The van der Waals surface area contributed by atoms with Gasteiger partial charge in [0.2, 0.25) is 0 Å². The molecule has 1 rings (SSSR count). The van der Waals surface area contributed by atoms with Gasteiger partial charge in [0.1, 0.15) is 0 Å². The van der Waals surface area contributed by atoms with Crippen molar-refractivity contribution in [3.63, 3.8) is 0 Å². The summed E-state index contributed by atoms with van der Waals surface area (Å²) in [6.07, 6.45) is 5.22. The monoisotopic (exact) mass is 205 g/mol. The van der Waals surface area contributed by atoms with Crippen molar-refractivity contribution < 1.29 is 9.09 Å². The fourth-order valence-electron chi connectivity index (χ4n) is 0.781. The summed E-state index contributed by atoms with van der Waals surface area (Å²) in [4.78, 5) is 0. The summed E-state index contributed by atoms with van der Waals surface area (Å²) in [6.45, 7) is -2.17. The molecule has 12 heavy (non-hydrogen) atoms. The molecule has 1 aliphatic rings. The summed E-state index contributed by atoms with van der Waals surface area (Å²) in [6, 6.07) is 0. The van der Waals surface area contributed by atoms with Gasteiger partial charge in [-0.1, -0.05) is 11.4 Å². The van der Waals surface area contributed by atoms with Crippen LogP contribution in [0.1, 0.15) is 0 Å². The summed E-state index contributed by atoms with van der Waals surface area (Å²) >= 11 is 1.32. The number of nitrogens with zero attached hydrogens (tertiary/aromatic N) is 1. The molecule has 1 saturated heterocycles. The minimum absolute atomic E-state index is 0.108. The number of terminal acetylenes is 1. The predicted octanol–water partition coefficient (Wildman–Crippen LogP) is 1.67. The third kappa shape index (κ3) is 2.05. The van der Waals surface area contributed by atoms with Crippen LogP contribution in [0.25, 0.3) is 0 Å². The lowest BCUT2D eigenvalue weighted by atomic mass is 10.2. The van der Waals surface area contributed by atoms with Crippen LogP contribution in [0.3, 0.4) is 0 Å². The van der Waals surface area contributed by atoms with Crippen LogP contribution < -0.4 is 0 Å². The minimum atomic E-state index is -2.58. The van der Waals surface area contributed by atoms with E-state index in [-0.39, 0.29) is 5.92 Å². The zero-order valence-corrected chi connectivity index (χ0v) is 8.90. The van der Waals surface area contributed by atoms with E-state index in [0.717, 1.165) is 5.75 Å². The van der Waals surface area contributed by atoms with Gasteiger partial charge < -0.3 is 4.52 Å².